The largest absolute Gasteiger partial charge is 0.433 e. The maximum atomic E-state index is 13.6. The fourth-order valence-corrected chi connectivity index (χ4v) is 4.92. The number of amides is 4. The molecule has 1 N–H and O–H groups in total. The summed E-state index contributed by atoms with van der Waals surface area (Å²) < 4.78 is -0.197. The number of benzene rings is 1. The standard InChI is InChI=1S/C20H22ClN5O3/c1-11-13(6-5-12(7-22)16(11)21)25-18(28)15-9-24-8-14(17(27)23-20(2,3)4)26(15,10-24)19(25)29/h5-6,14-15H,8-10H2,1-4H3/p+1. The van der Waals surface area contributed by atoms with Crippen LogP contribution in [0.1, 0.15) is 31.9 Å². The zero-order chi connectivity index (χ0) is 21.3. The van der Waals surface area contributed by atoms with E-state index in [1.54, 1.807) is 13.0 Å². The zero-order valence-corrected chi connectivity index (χ0v) is 17.6. The lowest BCUT2D eigenvalue weighted by Crippen LogP contribution is -2.65. The van der Waals surface area contributed by atoms with Gasteiger partial charge in [-0.25, -0.2) is 14.2 Å². The quantitative estimate of drug-likeness (QED) is 0.585. The highest BCUT2D eigenvalue weighted by atomic mass is 35.5. The number of imide groups is 1. The molecule has 4 atom stereocenters. The topological polar surface area (TPSA) is 93.5 Å². The molecule has 9 heteroatoms. The lowest BCUT2D eigenvalue weighted by atomic mass is 10.0. The number of carbonyl (C=O) groups excluding carboxylic acids is 3. The van der Waals surface area contributed by atoms with Gasteiger partial charge in [0.2, 0.25) is 0 Å². The summed E-state index contributed by atoms with van der Waals surface area (Å²) in [5, 5.41) is 12.4. The first-order valence-electron chi connectivity index (χ1n) is 9.51. The van der Waals surface area contributed by atoms with Gasteiger partial charge < -0.3 is 5.32 Å². The van der Waals surface area contributed by atoms with Crippen LogP contribution in [0.3, 0.4) is 0 Å². The van der Waals surface area contributed by atoms with Crippen LogP contribution in [0.15, 0.2) is 12.1 Å². The molecule has 3 fully saturated rings. The number of nitriles is 1. The van der Waals surface area contributed by atoms with Gasteiger partial charge in [0, 0.05) is 5.54 Å². The Balaban J connectivity index is 1.76. The molecule has 3 heterocycles. The summed E-state index contributed by atoms with van der Waals surface area (Å²) in [6.07, 6.45) is 0. The maximum Gasteiger partial charge on any atom is 0.433 e. The van der Waals surface area contributed by atoms with Crippen LogP contribution in [0.2, 0.25) is 5.02 Å². The minimum atomic E-state index is -0.636. The number of nitrogens with one attached hydrogen (secondary N) is 1. The second-order valence-electron chi connectivity index (χ2n) is 9.02. The van der Waals surface area contributed by atoms with Gasteiger partial charge in [-0.1, -0.05) is 11.6 Å². The SMILES string of the molecule is Cc1c(N2C(=O)C3CN4CC(C(=O)NC(C)(C)C)[N+]3(C4)C2=O)ccc(C#N)c1Cl. The molecule has 0 aliphatic carbocycles. The molecular formula is C20H23ClN5O3+. The third-order valence-electron chi connectivity index (χ3n) is 5.98. The first kappa shape index (κ1) is 19.8. The number of hydrogen-bond donors (Lipinski definition) is 1. The third-order valence-corrected chi connectivity index (χ3v) is 6.47. The van der Waals surface area contributed by atoms with E-state index < -0.39 is 23.7 Å². The number of urea groups is 1. The molecule has 152 valence electrons. The molecule has 4 rings (SSSR count). The molecule has 1 aromatic rings. The van der Waals surface area contributed by atoms with E-state index in [4.69, 9.17) is 11.6 Å². The minimum absolute atomic E-state index is 0.197. The van der Waals surface area contributed by atoms with Crippen molar-refractivity contribution in [2.45, 2.75) is 45.3 Å². The van der Waals surface area contributed by atoms with E-state index in [1.165, 1.54) is 6.07 Å². The van der Waals surface area contributed by atoms with Crippen LogP contribution in [-0.2, 0) is 9.59 Å². The Morgan fingerprint density at radius 2 is 2.00 bits per heavy atom. The monoisotopic (exact) mass is 416 g/mol. The van der Waals surface area contributed by atoms with Crippen molar-refractivity contribution in [1.82, 2.24) is 10.2 Å². The van der Waals surface area contributed by atoms with Gasteiger partial charge in [0.15, 0.2) is 12.1 Å². The summed E-state index contributed by atoms with van der Waals surface area (Å²) in [6, 6.07) is 3.44. The van der Waals surface area contributed by atoms with Gasteiger partial charge in [0.05, 0.1) is 29.4 Å². The highest BCUT2D eigenvalue weighted by Gasteiger charge is 2.73. The van der Waals surface area contributed by atoms with Crippen LogP contribution in [0.5, 0.6) is 0 Å². The lowest BCUT2D eigenvalue weighted by molar-refractivity contribution is -0.853. The molecular weight excluding hydrogens is 394 g/mol. The predicted molar refractivity (Wildman–Crippen MR) is 106 cm³/mol. The van der Waals surface area contributed by atoms with E-state index in [0.717, 1.165) is 4.90 Å². The van der Waals surface area contributed by atoms with Crippen LogP contribution in [0, 0.1) is 18.3 Å². The normalized spacial score (nSPS) is 30.5. The van der Waals surface area contributed by atoms with Gasteiger partial charge in [-0.3, -0.25) is 9.59 Å². The first-order valence-corrected chi connectivity index (χ1v) is 9.88. The fraction of sp³-hybridized carbons (Fsp3) is 0.500. The summed E-state index contributed by atoms with van der Waals surface area (Å²) in [5.41, 5.74) is 0.722. The summed E-state index contributed by atoms with van der Waals surface area (Å²) in [7, 11) is 0. The van der Waals surface area contributed by atoms with Gasteiger partial charge in [0.1, 0.15) is 12.7 Å². The van der Waals surface area contributed by atoms with E-state index in [9.17, 15) is 19.6 Å². The Morgan fingerprint density at radius 1 is 1.31 bits per heavy atom. The maximum absolute atomic E-state index is 13.6. The third kappa shape index (κ3) is 2.69. The number of carbonyl (C=O) groups is 3. The van der Waals surface area contributed by atoms with E-state index in [0.29, 0.717) is 31.0 Å². The van der Waals surface area contributed by atoms with Crippen molar-refractivity contribution in [3.63, 3.8) is 0 Å². The molecule has 29 heavy (non-hydrogen) atoms. The minimum Gasteiger partial charge on any atom is -0.346 e. The fourth-order valence-electron chi connectivity index (χ4n) is 4.72. The van der Waals surface area contributed by atoms with Crippen molar-refractivity contribution in [2.24, 2.45) is 0 Å². The average molecular weight is 417 g/mol. The number of hydrogen-bond acceptors (Lipinski definition) is 5. The molecule has 3 saturated heterocycles. The summed E-state index contributed by atoms with van der Waals surface area (Å²) >= 11 is 6.27. The molecule has 1 aromatic carbocycles. The molecule has 3 aliphatic rings. The van der Waals surface area contributed by atoms with Crippen molar-refractivity contribution in [1.29, 1.82) is 5.26 Å². The molecule has 4 amide bonds. The predicted octanol–water partition coefficient (Wildman–Crippen LogP) is 1.74. The number of quaternary nitrogens is 1. The Hall–Kier alpha value is -2.47. The highest BCUT2D eigenvalue weighted by molar-refractivity contribution is 6.33. The van der Waals surface area contributed by atoms with Gasteiger partial charge in [-0.05, 0) is 45.4 Å². The zero-order valence-electron chi connectivity index (χ0n) is 16.8. The van der Waals surface area contributed by atoms with Gasteiger partial charge in [-0.15, -0.1) is 0 Å². The summed E-state index contributed by atoms with van der Waals surface area (Å²) in [5.74, 6) is -0.545. The van der Waals surface area contributed by atoms with Crippen LogP contribution in [0.25, 0.3) is 0 Å². The van der Waals surface area contributed by atoms with Crippen LogP contribution < -0.4 is 10.2 Å². The van der Waals surface area contributed by atoms with Gasteiger partial charge in [-0.2, -0.15) is 10.2 Å². The number of rotatable bonds is 2. The highest BCUT2D eigenvalue weighted by Crippen LogP contribution is 2.44. The first-order chi connectivity index (χ1) is 13.5. The van der Waals surface area contributed by atoms with Crippen molar-refractivity contribution in [3.8, 4) is 6.07 Å². The van der Waals surface area contributed by atoms with Crippen LogP contribution in [0.4, 0.5) is 10.5 Å². The molecule has 3 aliphatic heterocycles. The van der Waals surface area contributed by atoms with Crippen molar-refractivity contribution in [3.05, 3.63) is 28.3 Å². The molecule has 4 unspecified atom stereocenters. The molecule has 1 spiro atoms. The van der Waals surface area contributed by atoms with Crippen molar-refractivity contribution in [2.75, 3.05) is 24.7 Å². The number of fused-ring (bicyclic) bond motifs is 1. The second-order valence-corrected chi connectivity index (χ2v) is 9.40. The molecule has 0 radical (unpaired) electrons. The van der Waals surface area contributed by atoms with E-state index in [-0.39, 0.29) is 26.9 Å². The molecule has 8 nitrogen and oxygen atoms in total. The van der Waals surface area contributed by atoms with Gasteiger partial charge >= 0.3 is 6.03 Å². The lowest BCUT2D eigenvalue weighted by Gasteiger charge is -2.34. The Bertz CT molecular complexity index is 995. The smallest absolute Gasteiger partial charge is 0.346 e. The number of anilines is 1. The van der Waals surface area contributed by atoms with Crippen LogP contribution >= 0.6 is 11.6 Å². The Morgan fingerprint density at radius 3 is 2.62 bits per heavy atom. The Kier molecular flexibility index (Phi) is 4.28. The van der Waals surface area contributed by atoms with Crippen molar-refractivity contribution < 1.29 is 18.9 Å². The van der Waals surface area contributed by atoms with Crippen LogP contribution in [-0.4, -0.2) is 64.6 Å². The number of nitrogens with zero attached hydrogens (tertiary/aromatic N) is 4. The van der Waals surface area contributed by atoms with E-state index >= 15 is 0 Å². The van der Waals surface area contributed by atoms with Gasteiger partial charge in [0.25, 0.3) is 11.8 Å². The molecule has 2 bridgehead atoms. The summed E-state index contributed by atoms with van der Waals surface area (Å²) in [4.78, 5) is 43.1. The van der Waals surface area contributed by atoms with Crippen molar-refractivity contribution >= 4 is 35.1 Å². The average Bonchev–Trinajstić information content (AvgIpc) is 3.26. The number of halogens is 1. The summed E-state index contributed by atoms with van der Waals surface area (Å²) in [6.45, 7) is 8.57. The molecule has 0 saturated carbocycles. The van der Waals surface area contributed by atoms with E-state index in [1.807, 2.05) is 31.7 Å². The van der Waals surface area contributed by atoms with E-state index in [2.05, 4.69) is 5.32 Å². The Labute approximate surface area is 174 Å². The number of piperazine rings is 1. The molecule has 0 aromatic heterocycles. The second kappa shape index (κ2) is 6.26.